The molecular formula is C32H21NO9. The van der Waals surface area contributed by atoms with Gasteiger partial charge in [-0.05, 0) is 35.4 Å². The van der Waals surface area contributed by atoms with Crippen molar-refractivity contribution >= 4 is 46.5 Å². The topological polar surface area (TPSA) is 133 Å². The summed E-state index contributed by atoms with van der Waals surface area (Å²) in [5.41, 5.74) is 1.39. The second-order valence-electron chi connectivity index (χ2n) is 9.69. The molecule has 0 bridgehead atoms. The molecule has 4 aromatic carbocycles. The zero-order valence-corrected chi connectivity index (χ0v) is 21.9. The number of carbonyl (C=O) groups is 6. The van der Waals surface area contributed by atoms with E-state index in [1.54, 1.807) is 54.6 Å². The summed E-state index contributed by atoms with van der Waals surface area (Å²) in [6.07, 6.45) is -0.655. The van der Waals surface area contributed by atoms with Crippen LogP contribution in [0.1, 0.15) is 59.0 Å². The van der Waals surface area contributed by atoms with E-state index in [4.69, 9.17) is 14.2 Å². The lowest BCUT2D eigenvalue weighted by atomic mass is 9.87. The Morgan fingerprint density at radius 2 is 1.07 bits per heavy atom. The average molecular weight is 564 g/mol. The van der Waals surface area contributed by atoms with Crippen molar-refractivity contribution in [2.45, 2.75) is 25.7 Å². The number of esters is 4. The number of hydrogen-bond donors (Lipinski definition) is 0. The lowest BCUT2D eigenvalue weighted by molar-refractivity contribution is -0.156. The van der Waals surface area contributed by atoms with Crippen molar-refractivity contribution < 1.29 is 43.0 Å². The molecule has 0 aliphatic carbocycles. The predicted octanol–water partition coefficient (Wildman–Crippen LogP) is 3.99. The standard InChI is InChI=1S/C32H21NO9/c34-25(40-16-18-7-3-1-4-8-18)15-24(32(39)41-17-19-9-5-2-6-10-19)33-28(35)20-11-13-22-27-23(31(38)42-30(22)37)14-12-21(26(20)27)29(33)36/h1-14,24H,15-17H2/t24-/m0/s1. The number of carbonyl (C=O) groups excluding carboxylic acids is 6. The summed E-state index contributed by atoms with van der Waals surface area (Å²) in [7, 11) is 0. The smallest absolute Gasteiger partial charge is 0.346 e. The third-order valence-electron chi connectivity index (χ3n) is 7.09. The predicted molar refractivity (Wildman–Crippen MR) is 145 cm³/mol. The molecule has 0 saturated carbocycles. The normalized spacial score (nSPS) is 14.4. The minimum Gasteiger partial charge on any atom is -0.461 e. The molecule has 2 amide bonds. The number of benzene rings is 4. The number of amides is 2. The Kier molecular flexibility index (Phi) is 6.79. The summed E-state index contributed by atoms with van der Waals surface area (Å²) in [6.45, 7) is -0.236. The number of rotatable bonds is 8. The lowest BCUT2D eigenvalue weighted by Gasteiger charge is -2.33. The molecule has 0 radical (unpaired) electrons. The van der Waals surface area contributed by atoms with E-state index in [1.165, 1.54) is 24.3 Å². The molecule has 208 valence electrons. The van der Waals surface area contributed by atoms with E-state index in [9.17, 15) is 28.8 Å². The molecule has 0 N–H and O–H groups in total. The molecule has 10 heteroatoms. The molecule has 0 unspecified atom stereocenters. The van der Waals surface area contributed by atoms with E-state index in [-0.39, 0.29) is 46.2 Å². The maximum Gasteiger partial charge on any atom is 0.346 e. The van der Waals surface area contributed by atoms with Crippen molar-refractivity contribution in [2.24, 2.45) is 0 Å². The Labute approximate surface area is 238 Å². The van der Waals surface area contributed by atoms with Gasteiger partial charge in [0, 0.05) is 21.9 Å². The van der Waals surface area contributed by atoms with Crippen LogP contribution in [0.2, 0.25) is 0 Å². The molecule has 4 aromatic rings. The highest BCUT2D eigenvalue weighted by Gasteiger charge is 2.44. The van der Waals surface area contributed by atoms with Crippen molar-refractivity contribution in [3.63, 3.8) is 0 Å². The fraction of sp³-hybridized carbons (Fsp3) is 0.125. The van der Waals surface area contributed by atoms with E-state index in [0.29, 0.717) is 16.0 Å². The minimum absolute atomic E-state index is 0.0220. The Morgan fingerprint density at radius 3 is 1.60 bits per heavy atom. The first-order chi connectivity index (χ1) is 20.3. The number of nitrogens with zero attached hydrogens (tertiary/aromatic N) is 1. The summed E-state index contributed by atoms with van der Waals surface area (Å²) >= 11 is 0. The van der Waals surface area contributed by atoms with Crippen LogP contribution in [-0.4, -0.2) is 46.6 Å². The van der Waals surface area contributed by atoms with E-state index in [0.717, 1.165) is 0 Å². The van der Waals surface area contributed by atoms with E-state index in [2.05, 4.69) is 0 Å². The fourth-order valence-corrected chi connectivity index (χ4v) is 5.08. The van der Waals surface area contributed by atoms with E-state index >= 15 is 0 Å². The van der Waals surface area contributed by atoms with Gasteiger partial charge in [-0.15, -0.1) is 0 Å². The summed E-state index contributed by atoms with van der Waals surface area (Å²) in [6, 6.07) is 21.3. The van der Waals surface area contributed by atoms with Crippen molar-refractivity contribution in [2.75, 3.05) is 0 Å². The Balaban J connectivity index is 1.35. The monoisotopic (exact) mass is 563 g/mol. The quantitative estimate of drug-likeness (QED) is 0.135. The summed E-state index contributed by atoms with van der Waals surface area (Å²) in [5.74, 6) is -5.39. The number of cyclic esters (lactones) is 2. The van der Waals surface area contributed by atoms with Gasteiger partial charge in [0.2, 0.25) is 0 Å². The molecule has 1 atom stereocenters. The van der Waals surface area contributed by atoms with Crippen LogP contribution in [0.3, 0.4) is 0 Å². The first-order valence-corrected chi connectivity index (χ1v) is 13.0. The van der Waals surface area contributed by atoms with Gasteiger partial charge in [0.15, 0.2) is 0 Å². The van der Waals surface area contributed by atoms with Crippen molar-refractivity contribution in [1.82, 2.24) is 4.90 Å². The first kappa shape index (κ1) is 26.6. The molecule has 0 fully saturated rings. The SMILES string of the molecule is O=C(C[C@@H](C(=O)OCc1ccccc1)N1C(=O)c2ccc3c4c(ccc(c24)C1=O)C(=O)OC3=O)OCc1ccccc1. The van der Waals surface area contributed by atoms with Gasteiger partial charge in [0.25, 0.3) is 11.8 Å². The van der Waals surface area contributed by atoms with Crippen LogP contribution in [0, 0.1) is 0 Å². The Hall–Kier alpha value is -5.64. The van der Waals surface area contributed by atoms with E-state index in [1.807, 2.05) is 6.07 Å². The fourth-order valence-electron chi connectivity index (χ4n) is 5.08. The van der Waals surface area contributed by atoms with Gasteiger partial charge < -0.3 is 14.2 Å². The van der Waals surface area contributed by atoms with Gasteiger partial charge in [-0.2, -0.15) is 0 Å². The van der Waals surface area contributed by atoms with Crippen LogP contribution in [0.15, 0.2) is 84.9 Å². The maximum absolute atomic E-state index is 13.8. The molecule has 0 aromatic heterocycles. The first-order valence-electron chi connectivity index (χ1n) is 13.0. The van der Waals surface area contributed by atoms with Crippen LogP contribution in [0.5, 0.6) is 0 Å². The largest absolute Gasteiger partial charge is 0.461 e. The van der Waals surface area contributed by atoms with Gasteiger partial charge >= 0.3 is 23.9 Å². The number of hydrogen-bond acceptors (Lipinski definition) is 9. The number of imide groups is 1. The highest BCUT2D eigenvalue weighted by Crippen LogP contribution is 2.38. The zero-order valence-electron chi connectivity index (χ0n) is 21.9. The van der Waals surface area contributed by atoms with Crippen molar-refractivity contribution in [1.29, 1.82) is 0 Å². The third kappa shape index (κ3) is 4.68. The van der Waals surface area contributed by atoms with E-state index < -0.39 is 48.2 Å². The van der Waals surface area contributed by atoms with Crippen LogP contribution >= 0.6 is 0 Å². The summed E-state index contributed by atoms with van der Waals surface area (Å²) in [5, 5.41) is 0.224. The molecule has 0 saturated heterocycles. The molecule has 6 rings (SSSR count). The zero-order chi connectivity index (χ0) is 29.4. The van der Waals surface area contributed by atoms with Gasteiger partial charge in [0.05, 0.1) is 17.5 Å². The molecule has 10 nitrogen and oxygen atoms in total. The lowest BCUT2D eigenvalue weighted by Crippen LogP contribution is -2.52. The van der Waals surface area contributed by atoms with Gasteiger partial charge in [-0.1, -0.05) is 60.7 Å². The summed E-state index contributed by atoms with van der Waals surface area (Å²) < 4.78 is 15.6. The molecule has 2 heterocycles. The van der Waals surface area contributed by atoms with Gasteiger partial charge in [-0.3, -0.25) is 19.3 Å². The maximum atomic E-state index is 13.8. The third-order valence-corrected chi connectivity index (χ3v) is 7.09. The van der Waals surface area contributed by atoms with Crippen molar-refractivity contribution in [3.05, 3.63) is 118 Å². The highest BCUT2D eigenvalue weighted by atomic mass is 16.6. The minimum atomic E-state index is -1.65. The Bertz CT molecular complexity index is 1730. The van der Waals surface area contributed by atoms with Crippen LogP contribution in [0.4, 0.5) is 0 Å². The second kappa shape index (κ2) is 10.7. The Morgan fingerprint density at radius 1 is 0.619 bits per heavy atom. The van der Waals surface area contributed by atoms with Gasteiger partial charge in [-0.25, -0.2) is 14.4 Å². The molecule has 0 spiro atoms. The molecular weight excluding hydrogens is 542 g/mol. The second-order valence-corrected chi connectivity index (χ2v) is 9.69. The van der Waals surface area contributed by atoms with Crippen LogP contribution < -0.4 is 0 Å². The molecule has 42 heavy (non-hydrogen) atoms. The average Bonchev–Trinajstić information content (AvgIpc) is 3.01. The van der Waals surface area contributed by atoms with Crippen LogP contribution in [-0.2, 0) is 37.0 Å². The number of ether oxygens (including phenoxy) is 3. The molecule has 2 aliphatic heterocycles. The molecule has 2 aliphatic rings. The highest BCUT2D eigenvalue weighted by molar-refractivity contribution is 6.32. The van der Waals surface area contributed by atoms with Crippen LogP contribution in [0.25, 0.3) is 10.8 Å². The van der Waals surface area contributed by atoms with Crippen molar-refractivity contribution in [3.8, 4) is 0 Å². The summed E-state index contributed by atoms with van der Waals surface area (Å²) in [4.78, 5) is 79.5. The van der Waals surface area contributed by atoms with Gasteiger partial charge in [0.1, 0.15) is 19.3 Å².